The zero-order valence-corrected chi connectivity index (χ0v) is 6.65. The lowest BCUT2D eigenvalue weighted by atomic mass is 10.2. The average molecular weight is 131 g/mol. The molecule has 0 rings (SSSR count). The summed E-state index contributed by atoms with van der Waals surface area (Å²) in [5, 5.41) is 3.01. The van der Waals surface area contributed by atoms with E-state index < -0.39 is 11.3 Å². The third kappa shape index (κ3) is 7.88. The van der Waals surface area contributed by atoms with Crippen LogP contribution in [0.25, 0.3) is 0 Å². The minimum atomic E-state index is -0.391. The Hall–Kier alpha value is -0.120. The Balaban J connectivity index is 3.75. The summed E-state index contributed by atoms with van der Waals surface area (Å²) in [5.74, 6) is 0. The fourth-order valence-electron chi connectivity index (χ4n) is 0.830. The van der Waals surface area contributed by atoms with E-state index in [1.165, 1.54) is 0 Å². The molecule has 5 N–H and O–H groups in total. The maximum absolute atomic E-state index is 5.63. The van der Waals surface area contributed by atoms with Crippen molar-refractivity contribution in [1.82, 2.24) is 5.32 Å². The molecule has 0 aromatic rings. The van der Waals surface area contributed by atoms with Gasteiger partial charge in [0, 0.05) is 0 Å². The van der Waals surface area contributed by atoms with Gasteiger partial charge in [-0.25, -0.2) is 0 Å². The van der Waals surface area contributed by atoms with Crippen LogP contribution in [-0.2, 0) is 0 Å². The molecule has 0 aliphatic rings. The van der Waals surface area contributed by atoms with Gasteiger partial charge in [0.05, 0.1) is 11.3 Å². The molecule has 9 heavy (non-hydrogen) atoms. The van der Waals surface area contributed by atoms with Crippen molar-refractivity contribution < 1.29 is 0 Å². The number of nitrogens with one attached hydrogen (secondary N) is 1. The van der Waals surface area contributed by atoms with Crippen LogP contribution in [0.15, 0.2) is 0 Å². The summed E-state index contributed by atoms with van der Waals surface area (Å²) in [6, 6.07) is 0. The normalized spacial score (nSPS) is 14.0. The number of hydrogen-bond donors (Lipinski definition) is 3. The molecule has 0 saturated carbocycles. The summed E-state index contributed by atoms with van der Waals surface area (Å²) >= 11 is 0. The molecule has 3 nitrogen and oxygen atoms in total. The molecule has 0 atom stereocenters. The van der Waals surface area contributed by atoms with E-state index in [2.05, 4.69) is 5.32 Å². The highest BCUT2D eigenvalue weighted by molar-refractivity contribution is 4.78. The Morgan fingerprint density at radius 1 is 0.889 bits per heavy atom. The van der Waals surface area contributed by atoms with E-state index >= 15 is 0 Å². The van der Waals surface area contributed by atoms with Gasteiger partial charge in [-0.05, 0) is 27.7 Å². The van der Waals surface area contributed by atoms with Crippen molar-refractivity contribution in [3.63, 3.8) is 0 Å². The first-order valence-electron chi connectivity index (χ1n) is 3.08. The molecule has 0 radical (unpaired) electrons. The van der Waals surface area contributed by atoms with Gasteiger partial charge in [0.2, 0.25) is 0 Å². The van der Waals surface area contributed by atoms with Crippen molar-refractivity contribution in [2.45, 2.75) is 39.0 Å². The molecule has 0 heterocycles. The van der Waals surface area contributed by atoms with E-state index in [1.54, 1.807) is 0 Å². The topological polar surface area (TPSA) is 64.1 Å². The maximum Gasteiger partial charge on any atom is 0.0617 e. The first-order chi connectivity index (χ1) is 3.71. The van der Waals surface area contributed by atoms with Gasteiger partial charge in [0.25, 0.3) is 0 Å². The summed E-state index contributed by atoms with van der Waals surface area (Å²) in [6.07, 6.45) is 0. The molecule has 3 heteroatoms. The van der Waals surface area contributed by atoms with Gasteiger partial charge >= 0.3 is 0 Å². The molecule has 0 saturated heterocycles. The van der Waals surface area contributed by atoms with Crippen LogP contribution >= 0.6 is 0 Å². The van der Waals surface area contributed by atoms with Crippen LogP contribution in [0.2, 0.25) is 0 Å². The molecule has 0 unspecified atom stereocenters. The smallest absolute Gasteiger partial charge is 0.0617 e. The van der Waals surface area contributed by atoms with Crippen molar-refractivity contribution in [2.24, 2.45) is 11.5 Å². The minimum Gasteiger partial charge on any atom is -0.314 e. The summed E-state index contributed by atoms with van der Waals surface area (Å²) in [4.78, 5) is 0. The van der Waals surface area contributed by atoms with Gasteiger partial charge in [-0.15, -0.1) is 0 Å². The summed E-state index contributed by atoms with van der Waals surface area (Å²) < 4.78 is 0. The molecule has 56 valence electrons. The summed E-state index contributed by atoms with van der Waals surface area (Å²) in [6.45, 7) is 7.51. The molecule has 0 spiro atoms. The van der Waals surface area contributed by atoms with E-state index in [0.717, 1.165) is 0 Å². The molecule has 0 amide bonds. The SMILES string of the molecule is CC(C)(N)NC(C)(C)N. The second-order valence-corrected chi connectivity index (χ2v) is 3.57. The van der Waals surface area contributed by atoms with Crippen molar-refractivity contribution in [3.05, 3.63) is 0 Å². The van der Waals surface area contributed by atoms with Crippen LogP contribution in [0, 0.1) is 0 Å². The van der Waals surface area contributed by atoms with Gasteiger partial charge in [0.1, 0.15) is 0 Å². The molecule has 0 aromatic heterocycles. The average Bonchev–Trinajstić information content (AvgIpc) is 1.14. The van der Waals surface area contributed by atoms with E-state index in [4.69, 9.17) is 11.5 Å². The Bertz CT molecular complexity index is 73.5. The van der Waals surface area contributed by atoms with Crippen molar-refractivity contribution in [1.29, 1.82) is 0 Å². The van der Waals surface area contributed by atoms with E-state index in [-0.39, 0.29) is 0 Å². The highest BCUT2D eigenvalue weighted by Crippen LogP contribution is 1.98. The zero-order valence-electron chi connectivity index (χ0n) is 6.65. The number of rotatable bonds is 2. The van der Waals surface area contributed by atoms with Crippen LogP contribution in [0.3, 0.4) is 0 Å². The van der Waals surface area contributed by atoms with E-state index in [9.17, 15) is 0 Å². The van der Waals surface area contributed by atoms with Crippen molar-refractivity contribution in [2.75, 3.05) is 0 Å². The summed E-state index contributed by atoms with van der Waals surface area (Å²) in [7, 11) is 0. The molecule has 0 aliphatic carbocycles. The van der Waals surface area contributed by atoms with Gasteiger partial charge in [-0.1, -0.05) is 0 Å². The Labute approximate surface area is 56.8 Å². The van der Waals surface area contributed by atoms with Crippen LogP contribution in [0.4, 0.5) is 0 Å². The predicted molar refractivity (Wildman–Crippen MR) is 39.7 cm³/mol. The fraction of sp³-hybridized carbons (Fsp3) is 1.00. The van der Waals surface area contributed by atoms with Crippen LogP contribution in [-0.4, -0.2) is 11.3 Å². The zero-order chi connectivity index (χ0) is 7.71. The largest absolute Gasteiger partial charge is 0.314 e. The van der Waals surface area contributed by atoms with Crippen LogP contribution in [0.5, 0.6) is 0 Å². The minimum absolute atomic E-state index is 0.391. The van der Waals surface area contributed by atoms with Gasteiger partial charge in [-0.3, -0.25) is 5.32 Å². The maximum atomic E-state index is 5.63. The lowest BCUT2D eigenvalue weighted by molar-refractivity contribution is 0.278. The first kappa shape index (κ1) is 8.88. The Morgan fingerprint density at radius 2 is 1.11 bits per heavy atom. The van der Waals surface area contributed by atoms with Crippen LogP contribution < -0.4 is 16.8 Å². The summed E-state index contributed by atoms with van der Waals surface area (Å²) in [5.41, 5.74) is 10.5. The third-order valence-electron chi connectivity index (χ3n) is 0.644. The van der Waals surface area contributed by atoms with E-state index in [1.807, 2.05) is 27.7 Å². The predicted octanol–water partition coefficient (Wildman–Crippen LogP) is -0.0344. The standard InChI is InChI=1S/C6H17N3/c1-5(2,7)9-6(3,4)8/h9H,7-8H2,1-4H3. The number of nitrogens with two attached hydrogens (primary N) is 2. The fourth-order valence-corrected chi connectivity index (χ4v) is 0.830. The van der Waals surface area contributed by atoms with Gasteiger partial charge in [-0.2, -0.15) is 0 Å². The quantitative estimate of drug-likeness (QED) is 0.461. The number of hydrogen-bond acceptors (Lipinski definition) is 3. The molecule has 0 aromatic carbocycles. The lowest BCUT2D eigenvalue weighted by Gasteiger charge is -2.31. The van der Waals surface area contributed by atoms with Crippen molar-refractivity contribution >= 4 is 0 Å². The van der Waals surface area contributed by atoms with E-state index in [0.29, 0.717) is 0 Å². The van der Waals surface area contributed by atoms with Crippen LogP contribution in [0.1, 0.15) is 27.7 Å². The molecular formula is C6H17N3. The van der Waals surface area contributed by atoms with Gasteiger partial charge < -0.3 is 11.5 Å². The molecular weight excluding hydrogens is 114 g/mol. The lowest BCUT2D eigenvalue weighted by Crippen LogP contribution is -2.61. The first-order valence-corrected chi connectivity index (χ1v) is 3.08. The Kier molecular flexibility index (Phi) is 2.22. The molecule has 0 fully saturated rings. The second kappa shape index (κ2) is 2.25. The highest BCUT2D eigenvalue weighted by atomic mass is 15.2. The van der Waals surface area contributed by atoms with Gasteiger partial charge in [0.15, 0.2) is 0 Å². The monoisotopic (exact) mass is 131 g/mol. The Morgan fingerprint density at radius 3 is 1.11 bits per heavy atom. The molecule has 0 bridgehead atoms. The third-order valence-corrected chi connectivity index (χ3v) is 0.644. The molecule has 0 aliphatic heterocycles. The second-order valence-electron chi connectivity index (χ2n) is 3.57. The van der Waals surface area contributed by atoms with Crippen molar-refractivity contribution in [3.8, 4) is 0 Å². The highest BCUT2D eigenvalue weighted by Gasteiger charge is 2.18.